The molecule has 2 fully saturated rings. The second-order valence-corrected chi connectivity index (χ2v) is 7.80. The first-order valence-corrected chi connectivity index (χ1v) is 8.87. The third-order valence-electron chi connectivity index (χ3n) is 4.58. The predicted octanol–water partition coefficient (Wildman–Crippen LogP) is 1.21. The molecule has 19 heavy (non-hydrogen) atoms. The van der Waals surface area contributed by atoms with Crippen molar-refractivity contribution in [3.05, 3.63) is 0 Å². The number of hydrogen-bond acceptors (Lipinski definition) is 3. The van der Waals surface area contributed by atoms with Crippen molar-refractivity contribution in [1.82, 2.24) is 9.03 Å². The van der Waals surface area contributed by atoms with Crippen LogP contribution in [0.1, 0.15) is 52.4 Å². The highest BCUT2D eigenvalue weighted by atomic mass is 32.2. The normalized spacial score (nSPS) is 32.7. The van der Waals surface area contributed by atoms with Crippen LogP contribution in [0.25, 0.3) is 0 Å². The fraction of sp³-hybridized carbons (Fsp3) is 1.00. The van der Waals surface area contributed by atoms with Crippen molar-refractivity contribution in [2.24, 2.45) is 11.7 Å². The second-order valence-electron chi connectivity index (χ2n) is 6.17. The van der Waals surface area contributed by atoms with Crippen LogP contribution in [0.3, 0.4) is 0 Å². The summed E-state index contributed by atoms with van der Waals surface area (Å²) in [6.07, 6.45) is 5.81. The summed E-state index contributed by atoms with van der Waals surface area (Å²) in [7, 11) is -3.39. The van der Waals surface area contributed by atoms with Gasteiger partial charge in [-0.2, -0.15) is 17.4 Å². The summed E-state index contributed by atoms with van der Waals surface area (Å²) in [6.45, 7) is 5.04. The molecule has 0 saturated heterocycles. The number of nitrogens with two attached hydrogens (primary N) is 1. The summed E-state index contributed by atoms with van der Waals surface area (Å²) in [6, 6.07) is 0.149. The van der Waals surface area contributed by atoms with Crippen LogP contribution >= 0.6 is 0 Å². The van der Waals surface area contributed by atoms with Crippen LogP contribution in [0.2, 0.25) is 0 Å². The molecule has 0 bridgehead atoms. The van der Waals surface area contributed by atoms with Crippen LogP contribution in [-0.2, 0) is 10.2 Å². The molecule has 0 atom stereocenters. The van der Waals surface area contributed by atoms with Gasteiger partial charge in [0.2, 0.25) is 0 Å². The molecule has 2 aliphatic rings. The van der Waals surface area contributed by atoms with Gasteiger partial charge in [0.1, 0.15) is 0 Å². The van der Waals surface area contributed by atoms with Gasteiger partial charge < -0.3 is 5.73 Å². The van der Waals surface area contributed by atoms with Crippen LogP contribution in [0.5, 0.6) is 0 Å². The molecule has 0 aromatic carbocycles. The number of likely N-dealkylation sites (N-methyl/N-ethyl adjacent to an activating group) is 1. The molecule has 0 radical (unpaired) electrons. The Morgan fingerprint density at radius 3 is 2.26 bits per heavy atom. The second kappa shape index (κ2) is 5.68. The highest BCUT2D eigenvalue weighted by Crippen LogP contribution is 2.37. The van der Waals surface area contributed by atoms with Crippen molar-refractivity contribution in [2.75, 3.05) is 13.1 Å². The molecule has 3 N–H and O–H groups in total. The first-order chi connectivity index (χ1) is 8.93. The molecule has 0 aromatic heterocycles. The van der Waals surface area contributed by atoms with E-state index < -0.39 is 10.2 Å². The number of nitrogens with zero attached hydrogens (tertiary/aromatic N) is 1. The summed E-state index contributed by atoms with van der Waals surface area (Å²) in [4.78, 5) is 0. The third kappa shape index (κ3) is 3.29. The Balaban J connectivity index is 2.17. The summed E-state index contributed by atoms with van der Waals surface area (Å²) < 4.78 is 29.5. The summed E-state index contributed by atoms with van der Waals surface area (Å²) in [5.74, 6) is 0.678. The van der Waals surface area contributed by atoms with E-state index in [1.165, 1.54) is 0 Å². The standard InChI is InChI=1S/C13H27N3O2S/c1-3-16(19(17,18)15-12-4-5-12)13(10-14)8-6-11(2)7-9-13/h11-12,15H,3-10,14H2,1-2H3. The van der Waals surface area contributed by atoms with Crippen LogP contribution in [0.15, 0.2) is 0 Å². The fourth-order valence-electron chi connectivity index (χ4n) is 3.09. The number of hydrogen-bond donors (Lipinski definition) is 2. The Kier molecular flexibility index (Phi) is 4.55. The SMILES string of the molecule is CCN(C1(CN)CCC(C)CC1)S(=O)(=O)NC1CC1. The zero-order valence-electron chi connectivity index (χ0n) is 12.1. The summed E-state index contributed by atoms with van der Waals surface area (Å²) in [5, 5.41) is 0. The van der Waals surface area contributed by atoms with Gasteiger partial charge in [-0.15, -0.1) is 0 Å². The Bertz CT molecular complexity index is 398. The van der Waals surface area contributed by atoms with Gasteiger partial charge in [0, 0.05) is 24.7 Å². The molecule has 112 valence electrons. The van der Waals surface area contributed by atoms with Crippen LogP contribution in [0, 0.1) is 5.92 Å². The van der Waals surface area contributed by atoms with Crippen molar-refractivity contribution in [3.8, 4) is 0 Å². The van der Waals surface area contributed by atoms with E-state index in [0.29, 0.717) is 19.0 Å². The Morgan fingerprint density at radius 2 is 1.84 bits per heavy atom. The van der Waals surface area contributed by atoms with Gasteiger partial charge in [-0.1, -0.05) is 13.8 Å². The molecule has 0 aliphatic heterocycles. The molecule has 0 aromatic rings. The Labute approximate surface area is 117 Å². The lowest BCUT2D eigenvalue weighted by Gasteiger charge is -2.45. The molecule has 0 heterocycles. The van der Waals surface area contributed by atoms with Gasteiger partial charge >= 0.3 is 0 Å². The largest absolute Gasteiger partial charge is 0.329 e. The van der Waals surface area contributed by atoms with Gasteiger partial charge in [-0.25, -0.2) is 0 Å². The average molecular weight is 289 g/mol. The Hall–Kier alpha value is -0.170. The van der Waals surface area contributed by atoms with Gasteiger partial charge in [0.05, 0.1) is 0 Å². The lowest BCUT2D eigenvalue weighted by molar-refractivity contribution is 0.118. The maximum absolute atomic E-state index is 12.5. The Morgan fingerprint density at radius 1 is 1.26 bits per heavy atom. The first-order valence-electron chi connectivity index (χ1n) is 7.43. The van der Waals surface area contributed by atoms with Crippen molar-refractivity contribution in [1.29, 1.82) is 0 Å². The zero-order valence-corrected chi connectivity index (χ0v) is 12.9. The van der Waals surface area contributed by atoms with Crippen molar-refractivity contribution >= 4 is 10.2 Å². The molecular formula is C13H27N3O2S. The van der Waals surface area contributed by atoms with Crippen molar-refractivity contribution < 1.29 is 8.42 Å². The first kappa shape index (κ1) is 15.2. The van der Waals surface area contributed by atoms with Gasteiger partial charge in [-0.3, -0.25) is 0 Å². The van der Waals surface area contributed by atoms with Crippen LogP contribution in [0.4, 0.5) is 0 Å². The predicted molar refractivity (Wildman–Crippen MR) is 76.9 cm³/mol. The minimum atomic E-state index is -3.39. The fourth-order valence-corrected chi connectivity index (χ4v) is 4.98. The molecule has 5 nitrogen and oxygen atoms in total. The lowest BCUT2D eigenvalue weighted by Crippen LogP contribution is -2.60. The van der Waals surface area contributed by atoms with E-state index in [0.717, 1.165) is 38.5 Å². The van der Waals surface area contributed by atoms with Gasteiger partial charge in [0.25, 0.3) is 10.2 Å². The van der Waals surface area contributed by atoms with Crippen LogP contribution < -0.4 is 10.5 Å². The van der Waals surface area contributed by atoms with Crippen LogP contribution in [-0.4, -0.2) is 37.4 Å². The van der Waals surface area contributed by atoms with E-state index in [1.807, 2.05) is 6.92 Å². The zero-order chi connectivity index (χ0) is 14.1. The van der Waals surface area contributed by atoms with E-state index in [4.69, 9.17) is 5.73 Å². The monoisotopic (exact) mass is 289 g/mol. The lowest BCUT2D eigenvalue weighted by atomic mass is 9.77. The average Bonchev–Trinajstić information content (AvgIpc) is 3.15. The minimum absolute atomic E-state index is 0.149. The molecule has 2 saturated carbocycles. The molecule has 2 rings (SSSR count). The van der Waals surface area contributed by atoms with E-state index in [9.17, 15) is 8.42 Å². The summed E-state index contributed by atoms with van der Waals surface area (Å²) in [5.41, 5.74) is 5.60. The molecule has 0 spiro atoms. The number of nitrogens with one attached hydrogen (secondary N) is 1. The highest BCUT2D eigenvalue weighted by molar-refractivity contribution is 7.87. The topological polar surface area (TPSA) is 75.4 Å². The molecule has 0 unspecified atom stereocenters. The quantitative estimate of drug-likeness (QED) is 0.772. The number of rotatable bonds is 6. The van der Waals surface area contributed by atoms with E-state index in [2.05, 4.69) is 11.6 Å². The van der Waals surface area contributed by atoms with E-state index >= 15 is 0 Å². The summed E-state index contributed by atoms with van der Waals surface area (Å²) >= 11 is 0. The van der Waals surface area contributed by atoms with E-state index in [-0.39, 0.29) is 11.6 Å². The maximum Gasteiger partial charge on any atom is 0.280 e. The molecular weight excluding hydrogens is 262 g/mol. The van der Waals surface area contributed by atoms with Crippen molar-refractivity contribution in [3.63, 3.8) is 0 Å². The molecule has 0 amide bonds. The highest BCUT2D eigenvalue weighted by Gasteiger charge is 2.44. The molecule has 6 heteroatoms. The third-order valence-corrected chi connectivity index (χ3v) is 6.44. The smallest absolute Gasteiger partial charge is 0.280 e. The maximum atomic E-state index is 12.5. The minimum Gasteiger partial charge on any atom is -0.329 e. The van der Waals surface area contributed by atoms with E-state index in [1.54, 1.807) is 4.31 Å². The molecule has 2 aliphatic carbocycles. The van der Waals surface area contributed by atoms with Gasteiger partial charge in [-0.05, 0) is 44.4 Å². The van der Waals surface area contributed by atoms with Crippen molar-refractivity contribution in [2.45, 2.75) is 64.0 Å². The van der Waals surface area contributed by atoms with Gasteiger partial charge in [0.15, 0.2) is 0 Å².